The molecule has 4 rings (SSSR count). The minimum atomic E-state index is -0.563. The zero-order chi connectivity index (χ0) is 17.8. The molecule has 0 atom stereocenters. The highest BCUT2D eigenvalue weighted by Gasteiger charge is 2.42. The highest BCUT2D eigenvalue weighted by atomic mass is 35.5. The number of rotatable bonds is 4. The summed E-state index contributed by atoms with van der Waals surface area (Å²) in [5, 5.41) is 11.1. The first-order valence-corrected chi connectivity index (χ1v) is 9.46. The summed E-state index contributed by atoms with van der Waals surface area (Å²) >= 11 is 0. The van der Waals surface area contributed by atoms with Crippen LogP contribution >= 0.6 is 24.8 Å². The van der Waals surface area contributed by atoms with E-state index in [9.17, 15) is 4.79 Å². The second-order valence-electron chi connectivity index (χ2n) is 7.15. The molecule has 0 aromatic carbocycles. The van der Waals surface area contributed by atoms with E-state index >= 15 is 0 Å². The average Bonchev–Trinajstić information content (AvgIpc) is 3.25. The standard InChI is InChI=1S/C19H26N6O.2ClH/c26-18(19(7-11-20-12-8-19)25-13-3-10-22-25)23-16-5-14-24(15-6-16)17-4-1-2-9-21-17;;/h1-4,9-10,13,16,20H,5-8,11-12,14-15H2,(H,23,26);2*1H. The molecule has 2 N–H and O–H groups in total. The molecule has 0 saturated carbocycles. The van der Waals surface area contributed by atoms with Crippen molar-refractivity contribution in [2.24, 2.45) is 0 Å². The number of hydrogen-bond donors (Lipinski definition) is 2. The van der Waals surface area contributed by atoms with Crippen molar-refractivity contribution in [2.45, 2.75) is 37.3 Å². The van der Waals surface area contributed by atoms with Crippen LogP contribution in [0.4, 0.5) is 5.82 Å². The Bertz CT molecular complexity index is 713. The van der Waals surface area contributed by atoms with Gasteiger partial charge in [-0.2, -0.15) is 5.10 Å². The van der Waals surface area contributed by atoms with Gasteiger partial charge in [0.05, 0.1) is 0 Å². The highest BCUT2D eigenvalue weighted by molar-refractivity contribution is 5.86. The Morgan fingerprint density at radius 1 is 1.11 bits per heavy atom. The maximum atomic E-state index is 13.2. The molecule has 7 nitrogen and oxygen atoms in total. The number of nitrogens with one attached hydrogen (secondary N) is 2. The monoisotopic (exact) mass is 426 g/mol. The zero-order valence-electron chi connectivity index (χ0n) is 15.8. The molecule has 0 aliphatic carbocycles. The van der Waals surface area contributed by atoms with Gasteiger partial charge < -0.3 is 15.5 Å². The second-order valence-corrected chi connectivity index (χ2v) is 7.15. The molecule has 2 aromatic rings. The first kappa shape index (κ1) is 22.5. The summed E-state index contributed by atoms with van der Waals surface area (Å²) in [5.74, 6) is 1.13. The number of carbonyl (C=O) groups is 1. The molecule has 0 bridgehead atoms. The highest BCUT2D eigenvalue weighted by Crippen LogP contribution is 2.28. The summed E-state index contributed by atoms with van der Waals surface area (Å²) < 4.78 is 1.85. The SMILES string of the molecule is Cl.Cl.O=C(NC1CCN(c2ccccn2)CC1)C1(n2cccn2)CCNCC1. The van der Waals surface area contributed by atoms with E-state index in [2.05, 4.69) is 25.6 Å². The van der Waals surface area contributed by atoms with E-state index in [1.807, 2.05) is 41.3 Å². The van der Waals surface area contributed by atoms with E-state index in [0.29, 0.717) is 0 Å². The maximum Gasteiger partial charge on any atom is 0.248 e. The van der Waals surface area contributed by atoms with Crippen molar-refractivity contribution in [3.05, 3.63) is 42.9 Å². The second kappa shape index (κ2) is 10.1. The van der Waals surface area contributed by atoms with Gasteiger partial charge in [-0.05, 0) is 57.0 Å². The van der Waals surface area contributed by atoms with Gasteiger partial charge in [0.1, 0.15) is 11.4 Å². The number of halogens is 2. The number of nitrogens with zero attached hydrogens (tertiary/aromatic N) is 4. The topological polar surface area (TPSA) is 75.1 Å². The number of carbonyl (C=O) groups excluding carboxylic acids is 1. The number of piperidine rings is 2. The van der Waals surface area contributed by atoms with Gasteiger partial charge in [-0.1, -0.05) is 6.07 Å². The molecule has 2 aromatic heterocycles. The number of pyridine rings is 1. The molecular formula is C19H28Cl2N6O. The summed E-state index contributed by atoms with van der Waals surface area (Å²) in [6, 6.07) is 8.10. The number of amides is 1. The Labute approximate surface area is 178 Å². The summed E-state index contributed by atoms with van der Waals surface area (Å²) in [4.78, 5) is 19.9. The van der Waals surface area contributed by atoms with Crippen LogP contribution in [-0.2, 0) is 10.3 Å². The minimum Gasteiger partial charge on any atom is -0.356 e. The van der Waals surface area contributed by atoms with E-state index in [0.717, 1.165) is 57.7 Å². The fourth-order valence-electron chi connectivity index (χ4n) is 4.04. The van der Waals surface area contributed by atoms with Gasteiger partial charge in [0.25, 0.3) is 0 Å². The summed E-state index contributed by atoms with van der Waals surface area (Å²) in [7, 11) is 0. The lowest BCUT2D eigenvalue weighted by Crippen LogP contribution is -2.57. The van der Waals surface area contributed by atoms with Crippen molar-refractivity contribution in [2.75, 3.05) is 31.1 Å². The van der Waals surface area contributed by atoms with E-state index in [4.69, 9.17) is 0 Å². The molecule has 2 fully saturated rings. The average molecular weight is 427 g/mol. The maximum absolute atomic E-state index is 13.2. The Morgan fingerprint density at radius 2 is 1.86 bits per heavy atom. The Morgan fingerprint density at radius 3 is 2.46 bits per heavy atom. The van der Waals surface area contributed by atoms with Crippen LogP contribution in [0.3, 0.4) is 0 Å². The molecule has 9 heteroatoms. The quantitative estimate of drug-likeness (QED) is 0.781. The lowest BCUT2D eigenvalue weighted by molar-refractivity contribution is -0.132. The third kappa shape index (κ3) is 4.59. The van der Waals surface area contributed by atoms with Crippen LogP contribution in [-0.4, -0.2) is 52.9 Å². The molecule has 154 valence electrons. The molecule has 0 radical (unpaired) electrons. The van der Waals surface area contributed by atoms with Crippen molar-refractivity contribution in [1.29, 1.82) is 0 Å². The molecule has 0 spiro atoms. The van der Waals surface area contributed by atoms with Gasteiger partial charge in [0.15, 0.2) is 0 Å². The lowest BCUT2D eigenvalue weighted by atomic mass is 9.86. The van der Waals surface area contributed by atoms with E-state index in [1.165, 1.54) is 0 Å². The Hall–Kier alpha value is -1.83. The molecule has 2 aliphatic heterocycles. The zero-order valence-corrected chi connectivity index (χ0v) is 17.4. The van der Waals surface area contributed by atoms with Crippen molar-refractivity contribution in [1.82, 2.24) is 25.4 Å². The Kier molecular flexibility index (Phi) is 8.10. The van der Waals surface area contributed by atoms with Crippen LogP contribution in [0.15, 0.2) is 42.9 Å². The first-order chi connectivity index (χ1) is 12.8. The van der Waals surface area contributed by atoms with Crippen LogP contribution < -0.4 is 15.5 Å². The van der Waals surface area contributed by atoms with Crippen molar-refractivity contribution in [3.63, 3.8) is 0 Å². The van der Waals surface area contributed by atoms with Gasteiger partial charge in [-0.3, -0.25) is 9.48 Å². The third-order valence-electron chi connectivity index (χ3n) is 5.60. The van der Waals surface area contributed by atoms with Gasteiger partial charge in [-0.25, -0.2) is 4.98 Å². The molecule has 1 amide bonds. The van der Waals surface area contributed by atoms with Gasteiger partial charge in [0.2, 0.25) is 5.91 Å². The van der Waals surface area contributed by atoms with Crippen LogP contribution in [0.2, 0.25) is 0 Å². The van der Waals surface area contributed by atoms with Gasteiger partial charge in [-0.15, -0.1) is 24.8 Å². The van der Waals surface area contributed by atoms with Crippen LogP contribution in [0.5, 0.6) is 0 Å². The smallest absolute Gasteiger partial charge is 0.248 e. The minimum absolute atomic E-state index is 0. The molecule has 4 heterocycles. The predicted octanol–water partition coefficient (Wildman–Crippen LogP) is 1.99. The number of anilines is 1. The lowest BCUT2D eigenvalue weighted by Gasteiger charge is -2.39. The summed E-state index contributed by atoms with van der Waals surface area (Å²) in [5.41, 5.74) is -0.563. The van der Waals surface area contributed by atoms with Crippen LogP contribution in [0.25, 0.3) is 0 Å². The largest absolute Gasteiger partial charge is 0.356 e. The van der Waals surface area contributed by atoms with Crippen molar-refractivity contribution < 1.29 is 4.79 Å². The molecule has 2 aliphatic rings. The summed E-state index contributed by atoms with van der Waals surface area (Å²) in [6.07, 6.45) is 8.91. The van der Waals surface area contributed by atoms with Gasteiger partial charge >= 0.3 is 0 Å². The first-order valence-electron chi connectivity index (χ1n) is 9.46. The summed E-state index contributed by atoms with van der Waals surface area (Å²) in [6.45, 7) is 3.51. The molecule has 2 saturated heterocycles. The third-order valence-corrected chi connectivity index (χ3v) is 5.60. The van der Waals surface area contributed by atoms with E-state index in [1.54, 1.807) is 6.20 Å². The van der Waals surface area contributed by atoms with Crippen molar-refractivity contribution >= 4 is 36.5 Å². The molecule has 0 unspecified atom stereocenters. The van der Waals surface area contributed by atoms with E-state index < -0.39 is 5.54 Å². The predicted molar refractivity (Wildman–Crippen MR) is 114 cm³/mol. The number of aromatic nitrogens is 3. The fourth-order valence-corrected chi connectivity index (χ4v) is 4.04. The van der Waals surface area contributed by atoms with Crippen LogP contribution in [0.1, 0.15) is 25.7 Å². The molecular weight excluding hydrogens is 399 g/mol. The van der Waals surface area contributed by atoms with E-state index in [-0.39, 0.29) is 36.8 Å². The normalized spacial score (nSPS) is 19.2. The Balaban J connectivity index is 0.00000140. The van der Waals surface area contributed by atoms with Gasteiger partial charge in [0, 0.05) is 37.7 Å². The van der Waals surface area contributed by atoms with Crippen LogP contribution in [0, 0.1) is 0 Å². The fraction of sp³-hybridized carbons (Fsp3) is 0.526. The molecule has 28 heavy (non-hydrogen) atoms. The number of hydrogen-bond acceptors (Lipinski definition) is 5. The van der Waals surface area contributed by atoms with Crippen molar-refractivity contribution in [3.8, 4) is 0 Å².